The van der Waals surface area contributed by atoms with E-state index in [2.05, 4.69) is 15.3 Å². The molecule has 9 heteroatoms. The Morgan fingerprint density at radius 1 is 1.13 bits per heavy atom. The third-order valence-corrected chi connectivity index (χ3v) is 5.30. The van der Waals surface area contributed by atoms with Crippen molar-refractivity contribution in [1.82, 2.24) is 24.8 Å². The number of pyridine rings is 1. The summed E-state index contributed by atoms with van der Waals surface area (Å²) in [4.78, 5) is 33.7. The molecular formula is C21H20ClN5O3. The van der Waals surface area contributed by atoms with Crippen molar-refractivity contribution in [1.29, 1.82) is 0 Å². The number of nitrogens with zero attached hydrogens (tertiary/aromatic N) is 4. The molecule has 8 nitrogen and oxygen atoms in total. The fourth-order valence-corrected chi connectivity index (χ4v) is 3.74. The molecule has 30 heavy (non-hydrogen) atoms. The molecule has 0 aliphatic carbocycles. The molecule has 1 fully saturated rings. The summed E-state index contributed by atoms with van der Waals surface area (Å²) in [6.07, 6.45) is 4.66. The van der Waals surface area contributed by atoms with E-state index in [4.69, 9.17) is 16.7 Å². The molecule has 1 aliphatic rings. The third kappa shape index (κ3) is 4.28. The van der Waals surface area contributed by atoms with Crippen molar-refractivity contribution in [3.05, 3.63) is 60.1 Å². The van der Waals surface area contributed by atoms with Gasteiger partial charge >= 0.3 is 6.09 Å². The summed E-state index contributed by atoms with van der Waals surface area (Å²) >= 11 is 6.01. The van der Waals surface area contributed by atoms with Crippen molar-refractivity contribution in [2.75, 3.05) is 13.1 Å². The van der Waals surface area contributed by atoms with Gasteiger partial charge in [-0.15, -0.1) is 0 Å². The topological polar surface area (TPSA) is 100 Å². The van der Waals surface area contributed by atoms with Gasteiger partial charge < -0.3 is 19.9 Å². The molecule has 0 saturated carbocycles. The van der Waals surface area contributed by atoms with Crippen LogP contribution in [0.3, 0.4) is 0 Å². The number of amides is 2. The Morgan fingerprint density at radius 3 is 2.53 bits per heavy atom. The van der Waals surface area contributed by atoms with Gasteiger partial charge in [0.1, 0.15) is 6.54 Å². The second kappa shape index (κ2) is 8.54. The smallest absolute Gasteiger partial charge is 0.407 e. The Morgan fingerprint density at radius 2 is 1.87 bits per heavy atom. The lowest BCUT2D eigenvalue weighted by atomic mass is 10.1. The molecule has 0 bridgehead atoms. The molecule has 0 spiro atoms. The third-order valence-electron chi connectivity index (χ3n) is 5.05. The van der Waals surface area contributed by atoms with Crippen LogP contribution in [-0.2, 0) is 11.3 Å². The Hall–Kier alpha value is -3.39. The zero-order valence-electron chi connectivity index (χ0n) is 16.0. The van der Waals surface area contributed by atoms with Gasteiger partial charge in [-0.25, -0.2) is 9.78 Å². The number of likely N-dealkylation sites (tertiary alicyclic amines) is 1. The lowest BCUT2D eigenvalue weighted by molar-refractivity contribution is -0.122. The maximum Gasteiger partial charge on any atom is 0.407 e. The highest BCUT2D eigenvalue weighted by atomic mass is 35.5. The molecule has 1 aliphatic heterocycles. The Labute approximate surface area is 178 Å². The number of hydrogen-bond acceptors (Lipinski definition) is 4. The number of aromatic nitrogens is 3. The van der Waals surface area contributed by atoms with Gasteiger partial charge in [0, 0.05) is 47.7 Å². The molecule has 4 rings (SSSR count). The van der Waals surface area contributed by atoms with Crippen LogP contribution in [0, 0.1) is 0 Å². The van der Waals surface area contributed by atoms with Crippen molar-refractivity contribution in [3.63, 3.8) is 0 Å². The van der Waals surface area contributed by atoms with Crippen molar-refractivity contribution in [3.8, 4) is 22.5 Å². The number of imidazole rings is 1. The summed E-state index contributed by atoms with van der Waals surface area (Å²) in [6.45, 7) is 0.800. The average molecular weight is 426 g/mol. The van der Waals surface area contributed by atoms with Crippen molar-refractivity contribution in [2.24, 2.45) is 0 Å². The van der Waals surface area contributed by atoms with E-state index in [0.717, 1.165) is 22.5 Å². The van der Waals surface area contributed by atoms with Crippen LogP contribution >= 0.6 is 11.6 Å². The van der Waals surface area contributed by atoms with E-state index in [1.54, 1.807) is 35.4 Å². The fraction of sp³-hybridized carbons (Fsp3) is 0.238. The van der Waals surface area contributed by atoms with Gasteiger partial charge in [0.05, 0.1) is 17.7 Å². The van der Waals surface area contributed by atoms with E-state index >= 15 is 0 Å². The molecule has 2 N–H and O–H groups in total. The first-order chi connectivity index (χ1) is 14.5. The van der Waals surface area contributed by atoms with Gasteiger partial charge in [-0.2, -0.15) is 0 Å². The predicted molar refractivity (Wildman–Crippen MR) is 112 cm³/mol. The first-order valence-corrected chi connectivity index (χ1v) is 9.88. The summed E-state index contributed by atoms with van der Waals surface area (Å²) in [5.41, 5.74) is 3.31. The van der Waals surface area contributed by atoms with Crippen LogP contribution in [0.5, 0.6) is 0 Å². The molecule has 154 valence electrons. The minimum absolute atomic E-state index is 0.0712. The van der Waals surface area contributed by atoms with Crippen LogP contribution in [0.4, 0.5) is 4.79 Å². The lowest BCUT2D eigenvalue weighted by Gasteiger charge is -2.15. The Balaban J connectivity index is 1.58. The minimum atomic E-state index is -0.964. The zero-order valence-corrected chi connectivity index (χ0v) is 16.8. The second-order valence-electron chi connectivity index (χ2n) is 7.09. The monoisotopic (exact) mass is 425 g/mol. The largest absolute Gasteiger partial charge is 0.465 e. The lowest BCUT2D eigenvalue weighted by Crippen LogP contribution is -2.39. The molecule has 0 unspecified atom stereocenters. The van der Waals surface area contributed by atoms with Gasteiger partial charge in [0.15, 0.2) is 0 Å². The van der Waals surface area contributed by atoms with Crippen LogP contribution in [0.25, 0.3) is 22.5 Å². The van der Waals surface area contributed by atoms with Crippen LogP contribution in [0.15, 0.2) is 55.1 Å². The quantitative estimate of drug-likeness (QED) is 0.654. The van der Waals surface area contributed by atoms with Crippen LogP contribution in [0.2, 0.25) is 5.02 Å². The molecule has 2 aromatic heterocycles. The summed E-state index contributed by atoms with van der Waals surface area (Å²) in [6, 6.07) is 10.9. The molecule has 1 atom stereocenters. The van der Waals surface area contributed by atoms with Gasteiger partial charge in [-0.1, -0.05) is 23.7 Å². The van der Waals surface area contributed by atoms with Gasteiger partial charge in [0.2, 0.25) is 5.91 Å². The first kappa shape index (κ1) is 19.9. The SMILES string of the molecule is O=C(Cn1cnc(-c2ccc(Cl)cc2)c1-c1ccncc1)N[C@H]1CCN(C(=O)O)C1. The summed E-state index contributed by atoms with van der Waals surface area (Å²) in [5, 5.41) is 12.6. The summed E-state index contributed by atoms with van der Waals surface area (Å²) < 4.78 is 1.79. The normalized spacial score (nSPS) is 15.9. The van der Waals surface area contributed by atoms with Gasteiger partial charge in [-0.05, 0) is 30.7 Å². The molecule has 2 amide bonds. The van der Waals surface area contributed by atoms with Crippen LogP contribution in [0.1, 0.15) is 6.42 Å². The summed E-state index contributed by atoms with van der Waals surface area (Å²) in [7, 11) is 0. The Bertz CT molecular complexity index is 1050. The number of hydrogen-bond donors (Lipinski definition) is 2. The number of carbonyl (C=O) groups is 2. The zero-order chi connectivity index (χ0) is 21.1. The number of rotatable bonds is 5. The van der Waals surface area contributed by atoms with E-state index in [1.165, 1.54) is 4.90 Å². The van der Waals surface area contributed by atoms with Gasteiger partial charge in [0.25, 0.3) is 0 Å². The first-order valence-electron chi connectivity index (χ1n) is 9.50. The Kier molecular flexibility index (Phi) is 5.67. The molecule has 3 heterocycles. The minimum Gasteiger partial charge on any atom is -0.465 e. The number of halogens is 1. The maximum atomic E-state index is 12.7. The number of carboxylic acid groups (broad SMARTS) is 1. The van der Waals surface area contributed by atoms with Gasteiger partial charge in [-0.3, -0.25) is 9.78 Å². The average Bonchev–Trinajstić information content (AvgIpc) is 3.36. The number of nitrogens with one attached hydrogen (secondary N) is 1. The highest BCUT2D eigenvalue weighted by molar-refractivity contribution is 6.30. The molecule has 3 aromatic rings. The van der Waals surface area contributed by atoms with E-state index < -0.39 is 6.09 Å². The van der Waals surface area contributed by atoms with Crippen molar-refractivity contribution >= 4 is 23.6 Å². The molecular weight excluding hydrogens is 406 g/mol. The molecule has 1 saturated heterocycles. The predicted octanol–water partition coefficient (Wildman–Crippen LogP) is 3.13. The second-order valence-corrected chi connectivity index (χ2v) is 7.53. The fourth-order valence-electron chi connectivity index (χ4n) is 3.61. The summed E-state index contributed by atoms with van der Waals surface area (Å²) in [5.74, 6) is -0.192. The number of carbonyl (C=O) groups excluding carboxylic acids is 1. The highest BCUT2D eigenvalue weighted by Crippen LogP contribution is 2.31. The van der Waals surface area contributed by atoms with Crippen LogP contribution < -0.4 is 5.32 Å². The molecule has 0 radical (unpaired) electrons. The van der Waals surface area contributed by atoms with E-state index in [0.29, 0.717) is 24.5 Å². The highest BCUT2D eigenvalue weighted by Gasteiger charge is 2.27. The molecule has 1 aromatic carbocycles. The number of benzene rings is 1. The van der Waals surface area contributed by atoms with Crippen molar-refractivity contribution < 1.29 is 14.7 Å². The van der Waals surface area contributed by atoms with E-state index in [9.17, 15) is 9.59 Å². The van der Waals surface area contributed by atoms with E-state index in [1.807, 2.05) is 24.3 Å². The standard InChI is InChI=1S/C21H20ClN5O3/c22-16-3-1-14(2-4-16)19-20(15-5-8-23-9-6-15)27(13-24-19)12-18(28)25-17-7-10-26(11-17)21(29)30/h1-6,8-9,13,17H,7,10-12H2,(H,25,28)(H,29,30)/t17-/m0/s1. The maximum absolute atomic E-state index is 12.7. The van der Waals surface area contributed by atoms with E-state index in [-0.39, 0.29) is 18.5 Å². The van der Waals surface area contributed by atoms with Crippen molar-refractivity contribution in [2.45, 2.75) is 19.0 Å². The van der Waals surface area contributed by atoms with Crippen LogP contribution in [-0.4, -0.2) is 55.7 Å².